The predicted octanol–water partition coefficient (Wildman–Crippen LogP) is 4.24. The van der Waals surface area contributed by atoms with E-state index in [0.717, 1.165) is 18.2 Å². The minimum absolute atomic E-state index is 0.0309. The first-order valence-corrected chi connectivity index (χ1v) is 5.30. The molecule has 0 aliphatic heterocycles. The molecule has 0 aliphatic rings. The van der Waals surface area contributed by atoms with Gasteiger partial charge in [0.2, 0.25) is 0 Å². The smallest absolute Gasteiger partial charge is 0.159 e. The first-order valence-electron chi connectivity index (χ1n) is 4.92. The molecule has 0 N–H and O–H groups in total. The molecule has 0 amide bonds. The summed E-state index contributed by atoms with van der Waals surface area (Å²) in [7, 11) is 0. The zero-order chi connectivity index (χ0) is 13.3. The normalized spacial score (nSPS) is 10.4. The lowest BCUT2D eigenvalue weighted by molar-refractivity contribution is 0.112. The van der Waals surface area contributed by atoms with Gasteiger partial charge in [-0.3, -0.25) is 4.79 Å². The molecule has 0 aliphatic carbocycles. The molecule has 0 saturated carbocycles. The number of hydrogen-bond donors (Lipinski definition) is 0. The maximum absolute atomic E-state index is 13.2. The minimum atomic E-state index is -1.12. The van der Waals surface area contributed by atoms with Gasteiger partial charge < -0.3 is 0 Å². The first-order chi connectivity index (χ1) is 8.52. The number of halogens is 4. The Morgan fingerprint density at radius 3 is 2.22 bits per heavy atom. The van der Waals surface area contributed by atoms with E-state index in [-0.39, 0.29) is 16.1 Å². The van der Waals surface area contributed by atoms with Gasteiger partial charge in [-0.1, -0.05) is 17.7 Å². The molecule has 2 aromatic rings. The largest absolute Gasteiger partial charge is 0.298 e. The fourth-order valence-corrected chi connectivity index (χ4v) is 1.75. The summed E-state index contributed by atoms with van der Waals surface area (Å²) in [5.41, 5.74) is 0.463. The molecule has 0 aromatic heterocycles. The summed E-state index contributed by atoms with van der Waals surface area (Å²) in [6.07, 6.45) is 0.398. The van der Waals surface area contributed by atoms with Gasteiger partial charge in [-0.25, -0.2) is 13.2 Å². The fraction of sp³-hybridized carbons (Fsp3) is 0. The number of carbonyl (C=O) groups is 1. The van der Waals surface area contributed by atoms with Crippen LogP contribution < -0.4 is 0 Å². The van der Waals surface area contributed by atoms with Gasteiger partial charge in [0.15, 0.2) is 17.9 Å². The Morgan fingerprint density at radius 1 is 0.944 bits per heavy atom. The predicted molar refractivity (Wildman–Crippen MR) is 62.1 cm³/mol. The second kappa shape index (κ2) is 4.82. The standard InChI is InChI=1S/C13H6ClF3O/c14-10-3-7(1-2-11(10)15)9-5-13(17)12(16)4-8(9)6-18/h1-6H. The Morgan fingerprint density at radius 2 is 1.61 bits per heavy atom. The molecule has 92 valence electrons. The van der Waals surface area contributed by atoms with Crippen molar-refractivity contribution in [2.75, 3.05) is 0 Å². The van der Waals surface area contributed by atoms with Crippen molar-refractivity contribution in [3.63, 3.8) is 0 Å². The van der Waals surface area contributed by atoms with Crippen molar-refractivity contribution in [2.45, 2.75) is 0 Å². The van der Waals surface area contributed by atoms with Gasteiger partial charge in [-0.15, -0.1) is 0 Å². The Hall–Kier alpha value is -1.81. The monoisotopic (exact) mass is 270 g/mol. The van der Waals surface area contributed by atoms with E-state index < -0.39 is 17.5 Å². The van der Waals surface area contributed by atoms with Crippen LogP contribution in [0.3, 0.4) is 0 Å². The van der Waals surface area contributed by atoms with Gasteiger partial charge in [0.05, 0.1) is 5.02 Å². The second-order valence-electron chi connectivity index (χ2n) is 3.60. The van der Waals surface area contributed by atoms with Crippen molar-refractivity contribution in [1.82, 2.24) is 0 Å². The summed E-state index contributed by atoms with van der Waals surface area (Å²) >= 11 is 5.60. The molecule has 0 spiro atoms. The summed E-state index contributed by atoms with van der Waals surface area (Å²) in [6.45, 7) is 0. The van der Waals surface area contributed by atoms with E-state index in [9.17, 15) is 18.0 Å². The van der Waals surface area contributed by atoms with Crippen LogP contribution in [-0.2, 0) is 0 Å². The van der Waals surface area contributed by atoms with Crippen LogP contribution >= 0.6 is 11.6 Å². The third kappa shape index (κ3) is 2.24. The Kier molecular flexibility index (Phi) is 3.39. The van der Waals surface area contributed by atoms with E-state index in [1.807, 2.05) is 0 Å². The van der Waals surface area contributed by atoms with Crippen molar-refractivity contribution in [2.24, 2.45) is 0 Å². The summed E-state index contributed by atoms with van der Waals surface area (Å²) < 4.78 is 39.2. The number of hydrogen-bond acceptors (Lipinski definition) is 1. The second-order valence-corrected chi connectivity index (χ2v) is 4.01. The van der Waals surface area contributed by atoms with Crippen molar-refractivity contribution < 1.29 is 18.0 Å². The molecule has 5 heteroatoms. The highest BCUT2D eigenvalue weighted by Gasteiger charge is 2.12. The third-order valence-electron chi connectivity index (χ3n) is 2.45. The SMILES string of the molecule is O=Cc1cc(F)c(F)cc1-c1ccc(F)c(Cl)c1. The molecule has 0 atom stereocenters. The molecule has 1 nitrogen and oxygen atoms in total. The van der Waals surface area contributed by atoms with Gasteiger partial charge in [-0.05, 0) is 35.4 Å². The van der Waals surface area contributed by atoms with Gasteiger partial charge >= 0.3 is 0 Å². The van der Waals surface area contributed by atoms with Crippen LogP contribution in [0.4, 0.5) is 13.2 Å². The lowest BCUT2D eigenvalue weighted by Crippen LogP contribution is -1.94. The number of benzene rings is 2. The highest BCUT2D eigenvalue weighted by Crippen LogP contribution is 2.28. The van der Waals surface area contributed by atoms with E-state index in [1.54, 1.807) is 0 Å². The zero-order valence-electron chi connectivity index (χ0n) is 8.88. The molecule has 2 rings (SSSR count). The average molecular weight is 271 g/mol. The minimum Gasteiger partial charge on any atom is -0.298 e. The lowest BCUT2D eigenvalue weighted by Gasteiger charge is -2.07. The first kappa shape index (κ1) is 12.6. The Bertz CT molecular complexity index is 626. The maximum atomic E-state index is 13.2. The van der Waals surface area contributed by atoms with E-state index in [0.29, 0.717) is 11.8 Å². The van der Waals surface area contributed by atoms with Gasteiger partial charge in [0.1, 0.15) is 5.82 Å². The van der Waals surface area contributed by atoms with Crippen molar-refractivity contribution >= 4 is 17.9 Å². The van der Waals surface area contributed by atoms with E-state index >= 15 is 0 Å². The van der Waals surface area contributed by atoms with Crippen LogP contribution in [-0.4, -0.2) is 6.29 Å². The van der Waals surface area contributed by atoms with Crippen molar-refractivity contribution in [1.29, 1.82) is 0 Å². The summed E-state index contributed by atoms with van der Waals surface area (Å²) in [5.74, 6) is -2.83. The molecular weight excluding hydrogens is 265 g/mol. The molecule has 0 heterocycles. The molecule has 0 saturated heterocycles. The lowest BCUT2D eigenvalue weighted by atomic mass is 10.00. The van der Waals surface area contributed by atoms with Crippen LogP contribution in [0.15, 0.2) is 30.3 Å². The molecule has 0 fully saturated rings. The highest BCUT2D eigenvalue weighted by atomic mass is 35.5. The van der Waals surface area contributed by atoms with Gasteiger partial charge in [0, 0.05) is 5.56 Å². The maximum Gasteiger partial charge on any atom is 0.159 e. The number of rotatable bonds is 2. The van der Waals surface area contributed by atoms with Crippen LogP contribution in [0.1, 0.15) is 10.4 Å². The van der Waals surface area contributed by atoms with Gasteiger partial charge in [0.25, 0.3) is 0 Å². The van der Waals surface area contributed by atoms with E-state index in [4.69, 9.17) is 11.6 Å². The Balaban J connectivity index is 2.65. The molecule has 2 aromatic carbocycles. The summed E-state index contributed by atoms with van der Waals surface area (Å²) in [6, 6.07) is 5.34. The fourth-order valence-electron chi connectivity index (χ4n) is 1.57. The van der Waals surface area contributed by atoms with Crippen LogP contribution in [0.5, 0.6) is 0 Å². The molecule has 18 heavy (non-hydrogen) atoms. The van der Waals surface area contributed by atoms with Crippen LogP contribution in [0.25, 0.3) is 11.1 Å². The zero-order valence-corrected chi connectivity index (χ0v) is 9.64. The highest BCUT2D eigenvalue weighted by molar-refractivity contribution is 6.31. The molecule has 0 unspecified atom stereocenters. The third-order valence-corrected chi connectivity index (χ3v) is 2.74. The number of aldehydes is 1. The van der Waals surface area contributed by atoms with E-state index in [1.165, 1.54) is 12.1 Å². The quantitative estimate of drug-likeness (QED) is 0.746. The Labute approximate surface area is 106 Å². The van der Waals surface area contributed by atoms with Crippen LogP contribution in [0.2, 0.25) is 5.02 Å². The summed E-state index contributed by atoms with van der Waals surface area (Å²) in [4.78, 5) is 10.8. The summed E-state index contributed by atoms with van der Waals surface area (Å²) in [5, 5.41) is -0.158. The van der Waals surface area contributed by atoms with Crippen LogP contribution in [0, 0.1) is 17.5 Å². The van der Waals surface area contributed by atoms with Crippen molar-refractivity contribution in [3.8, 4) is 11.1 Å². The average Bonchev–Trinajstić information content (AvgIpc) is 2.35. The van der Waals surface area contributed by atoms with Crippen molar-refractivity contribution in [3.05, 3.63) is 58.4 Å². The van der Waals surface area contributed by atoms with Gasteiger partial charge in [-0.2, -0.15) is 0 Å². The number of carbonyl (C=O) groups excluding carboxylic acids is 1. The van der Waals surface area contributed by atoms with E-state index in [2.05, 4.69) is 0 Å². The molecular formula is C13H6ClF3O. The molecule has 0 bridgehead atoms. The molecule has 0 radical (unpaired) electrons. The topological polar surface area (TPSA) is 17.1 Å².